The van der Waals surface area contributed by atoms with Crippen LogP contribution in [0.2, 0.25) is 0 Å². The number of nitrogen functional groups attached to an aromatic ring is 2. The molecule has 4 aliphatic rings. The van der Waals surface area contributed by atoms with E-state index in [1.165, 1.54) is 34.8 Å². The average Bonchev–Trinajstić information content (AvgIpc) is 3.76. The topological polar surface area (TPSA) is 315 Å². The van der Waals surface area contributed by atoms with Gasteiger partial charge in [0, 0.05) is 18.0 Å². The minimum Gasteiger partial charge on any atom is -0.387 e. The number of aromatic nitrogens is 6. The van der Waals surface area contributed by atoms with Crippen LogP contribution in [0.4, 0.5) is 11.6 Å². The Kier molecular flexibility index (Phi) is 8.43. The SMILES string of the molecule is C[C@]1(n2cnc3c(N)ncnc32)O[C@@H](COP(=O)(O)OP(=O)(O)OC[C@H]2O[C@@H](n3ccc4nccc-4c3N)[C@@H](O)C2O)C(O)[C@H]1O. The largest absolute Gasteiger partial charge is 0.481 e. The van der Waals surface area contributed by atoms with Crippen molar-refractivity contribution in [2.45, 2.75) is 55.5 Å². The zero-order chi connectivity index (χ0) is 33.2. The van der Waals surface area contributed by atoms with Gasteiger partial charge in [-0.1, -0.05) is 0 Å². The number of hydrogen-bond donors (Lipinski definition) is 8. The van der Waals surface area contributed by atoms with E-state index in [0.29, 0.717) is 11.3 Å². The molecule has 10 atom stereocenters. The summed E-state index contributed by atoms with van der Waals surface area (Å²) in [6.07, 6.45) is -5.14. The summed E-state index contributed by atoms with van der Waals surface area (Å²) in [5.74, 6) is 0.222. The van der Waals surface area contributed by atoms with Crippen molar-refractivity contribution in [3.63, 3.8) is 0 Å². The van der Waals surface area contributed by atoms with E-state index in [2.05, 4.69) is 24.2 Å². The van der Waals surface area contributed by atoms with Crippen molar-refractivity contribution in [1.29, 1.82) is 0 Å². The Balaban J connectivity index is 1.06. The first-order valence-electron chi connectivity index (χ1n) is 13.5. The number of aliphatic hydroxyl groups excluding tert-OH is 4. The number of imidazole rings is 1. The summed E-state index contributed by atoms with van der Waals surface area (Å²) >= 11 is 0. The molecule has 0 saturated carbocycles. The van der Waals surface area contributed by atoms with Gasteiger partial charge in [0.25, 0.3) is 0 Å². The third-order valence-corrected chi connectivity index (χ3v) is 10.4. The van der Waals surface area contributed by atoms with Crippen LogP contribution in [-0.2, 0) is 37.7 Å². The molecule has 2 aromatic heterocycles. The summed E-state index contributed by atoms with van der Waals surface area (Å²) in [5.41, 5.74) is 11.7. The van der Waals surface area contributed by atoms with E-state index in [1.54, 1.807) is 12.1 Å². The Morgan fingerprint density at radius 2 is 1.65 bits per heavy atom. The molecule has 0 aliphatic carbocycles. The van der Waals surface area contributed by atoms with Gasteiger partial charge < -0.3 is 55.7 Å². The first-order chi connectivity index (χ1) is 21.6. The molecule has 2 fully saturated rings. The van der Waals surface area contributed by atoms with E-state index >= 15 is 0 Å². The molecule has 46 heavy (non-hydrogen) atoms. The molecule has 0 aromatic carbocycles. The number of ether oxygens (including phenoxy) is 2. The second kappa shape index (κ2) is 11.8. The molecular formula is C23H30N8O13P2. The van der Waals surface area contributed by atoms with Gasteiger partial charge in [-0.2, -0.15) is 4.31 Å². The number of phosphoric acid groups is 2. The molecule has 0 amide bonds. The minimum absolute atomic E-state index is 0.0521. The highest BCUT2D eigenvalue weighted by molar-refractivity contribution is 7.61. The van der Waals surface area contributed by atoms with Crippen LogP contribution in [0.15, 0.2) is 37.2 Å². The number of hydrogen-bond acceptors (Lipinski definition) is 17. The van der Waals surface area contributed by atoms with Crippen LogP contribution < -0.4 is 11.5 Å². The maximum Gasteiger partial charge on any atom is 0.481 e. The van der Waals surface area contributed by atoms with Crippen molar-refractivity contribution >= 4 is 38.4 Å². The van der Waals surface area contributed by atoms with E-state index in [4.69, 9.17) is 30.0 Å². The zero-order valence-electron chi connectivity index (χ0n) is 23.7. The van der Waals surface area contributed by atoms with Crippen molar-refractivity contribution in [1.82, 2.24) is 29.1 Å². The van der Waals surface area contributed by atoms with Gasteiger partial charge in [-0.3, -0.25) is 18.6 Å². The molecular weight excluding hydrogens is 658 g/mol. The zero-order valence-corrected chi connectivity index (χ0v) is 25.5. The molecule has 6 rings (SSSR count). The molecule has 0 radical (unpaired) electrons. The monoisotopic (exact) mass is 688 g/mol. The van der Waals surface area contributed by atoms with E-state index < -0.39 is 77.4 Å². The standard InChI is InChI=1S/C23H30N8O13P2/c1-23(31-9-29-14-19(24)27-8-28-21(14)31)18(35)16(33)13(43-23)7-41-46(38,39)44-45(36,37)40-6-12-15(32)17(34)22(42-12)30-5-3-11-10(20(30)25)2-4-26-11/h2-5,8-9,12-13,15-18,22,32-35H,6-7,25H2,1H3,(H,36,37)(H,38,39)(H2,24,27,28)/t12-,13+,15?,16?,17+,18-,22-,23+/m1/s1. The maximum absolute atomic E-state index is 12.6. The number of aliphatic hydroxyl groups is 4. The maximum atomic E-state index is 12.6. The predicted molar refractivity (Wildman–Crippen MR) is 152 cm³/mol. The van der Waals surface area contributed by atoms with E-state index in [-0.39, 0.29) is 22.8 Å². The van der Waals surface area contributed by atoms with Crippen LogP contribution in [0.1, 0.15) is 13.2 Å². The number of anilines is 2. The van der Waals surface area contributed by atoms with Crippen LogP contribution >= 0.6 is 15.6 Å². The Bertz CT molecular complexity index is 1810. The Labute approximate surface area is 258 Å². The Hall–Kier alpha value is -3.14. The smallest absolute Gasteiger partial charge is 0.387 e. The number of fused-ring (bicyclic) bond motifs is 2. The van der Waals surface area contributed by atoms with Gasteiger partial charge in [0.2, 0.25) is 0 Å². The van der Waals surface area contributed by atoms with E-state index in [0.717, 1.165) is 6.33 Å². The van der Waals surface area contributed by atoms with Gasteiger partial charge in [-0.15, -0.1) is 0 Å². The first-order valence-corrected chi connectivity index (χ1v) is 16.5. The highest BCUT2D eigenvalue weighted by Crippen LogP contribution is 2.61. The lowest BCUT2D eigenvalue weighted by Crippen LogP contribution is -2.43. The van der Waals surface area contributed by atoms with Gasteiger partial charge in [0.1, 0.15) is 54.3 Å². The lowest BCUT2D eigenvalue weighted by molar-refractivity contribution is -0.131. The van der Waals surface area contributed by atoms with Gasteiger partial charge in [-0.05, 0) is 19.1 Å². The lowest BCUT2D eigenvalue weighted by atomic mass is 10.0. The second-order valence-electron chi connectivity index (χ2n) is 10.7. The molecule has 4 aliphatic heterocycles. The quantitative estimate of drug-likeness (QED) is 0.0893. The average molecular weight is 688 g/mol. The van der Waals surface area contributed by atoms with Crippen LogP contribution in [0.5, 0.6) is 0 Å². The summed E-state index contributed by atoms with van der Waals surface area (Å²) in [7, 11) is -10.7. The van der Waals surface area contributed by atoms with Gasteiger partial charge in [-0.25, -0.2) is 24.1 Å². The van der Waals surface area contributed by atoms with E-state index in [9.17, 15) is 39.3 Å². The molecule has 250 valence electrons. The molecule has 2 aromatic rings. The number of nitrogens with two attached hydrogens (primary N) is 2. The normalized spacial score (nSPS) is 32.6. The van der Waals surface area contributed by atoms with Crippen molar-refractivity contribution in [3.05, 3.63) is 37.2 Å². The third kappa shape index (κ3) is 5.79. The summed E-state index contributed by atoms with van der Waals surface area (Å²) in [4.78, 5) is 36.4. The molecule has 6 heterocycles. The molecule has 10 N–H and O–H groups in total. The summed E-state index contributed by atoms with van der Waals surface area (Å²) in [5, 5.41) is 42.4. The molecule has 0 spiro atoms. The van der Waals surface area contributed by atoms with Gasteiger partial charge in [0.15, 0.2) is 23.4 Å². The van der Waals surface area contributed by atoms with Gasteiger partial charge >= 0.3 is 15.6 Å². The molecule has 0 bridgehead atoms. The molecule has 21 nitrogen and oxygen atoms in total. The minimum atomic E-state index is -5.38. The van der Waals surface area contributed by atoms with Crippen LogP contribution in [0, 0.1) is 0 Å². The third-order valence-electron chi connectivity index (χ3n) is 7.78. The molecule has 4 unspecified atom stereocenters. The van der Waals surface area contributed by atoms with Crippen molar-refractivity contribution in [3.8, 4) is 11.3 Å². The Morgan fingerprint density at radius 1 is 0.957 bits per heavy atom. The summed E-state index contributed by atoms with van der Waals surface area (Å²) < 4.78 is 53.0. The second-order valence-corrected chi connectivity index (χ2v) is 13.7. The number of phosphoric ester groups is 2. The Morgan fingerprint density at radius 3 is 2.37 bits per heavy atom. The lowest BCUT2D eigenvalue weighted by Gasteiger charge is -2.29. The van der Waals surface area contributed by atoms with Crippen LogP contribution in [-0.4, -0.2) is 109 Å². The van der Waals surface area contributed by atoms with Crippen molar-refractivity contribution in [2.24, 2.45) is 0 Å². The highest BCUT2D eigenvalue weighted by Gasteiger charge is 2.54. The summed E-state index contributed by atoms with van der Waals surface area (Å²) in [6.45, 7) is -0.382. The van der Waals surface area contributed by atoms with Crippen LogP contribution in [0.25, 0.3) is 22.4 Å². The first kappa shape index (κ1) is 32.8. The van der Waals surface area contributed by atoms with E-state index in [1.807, 2.05) is 0 Å². The van der Waals surface area contributed by atoms with Gasteiger partial charge in [0.05, 0.1) is 25.2 Å². The fraction of sp³-hybridized carbons (Fsp3) is 0.478. The predicted octanol–water partition coefficient (Wildman–Crippen LogP) is -1.34. The number of rotatable bonds is 10. The van der Waals surface area contributed by atoms with Crippen molar-refractivity contribution < 1.29 is 62.2 Å². The van der Waals surface area contributed by atoms with Crippen LogP contribution in [0.3, 0.4) is 0 Å². The summed E-state index contributed by atoms with van der Waals surface area (Å²) in [6, 6.07) is 3.25. The fourth-order valence-corrected chi connectivity index (χ4v) is 7.46. The molecule has 23 heteroatoms. The number of nitrogens with zero attached hydrogens (tertiary/aromatic N) is 6. The van der Waals surface area contributed by atoms with Crippen molar-refractivity contribution in [2.75, 3.05) is 24.7 Å². The number of pyridine rings is 1. The fourth-order valence-electron chi connectivity index (χ4n) is 5.37. The molecule has 2 saturated heterocycles. The highest BCUT2D eigenvalue weighted by atomic mass is 31.3.